The summed E-state index contributed by atoms with van der Waals surface area (Å²) in [5.41, 5.74) is 2.37. The Morgan fingerprint density at radius 3 is 2.20 bits per heavy atom. The lowest BCUT2D eigenvalue weighted by Gasteiger charge is -2.14. The Kier molecular flexibility index (Phi) is 5.50. The fourth-order valence-electron chi connectivity index (χ4n) is 3.27. The number of fused-ring (bicyclic) bond motifs is 1. The Morgan fingerprint density at radius 2 is 1.60 bits per heavy atom. The van der Waals surface area contributed by atoms with E-state index >= 15 is 0 Å². The molecule has 0 aromatic heterocycles. The predicted octanol–water partition coefficient (Wildman–Crippen LogP) is 5.64. The molecule has 4 nitrogen and oxygen atoms in total. The van der Waals surface area contributed by atoms with Crippen molar-refractivity contribution < 1.29 is 23.5 Å². The summed E-state index contributed by atoms with van der Waals surface area (Å²) < 4.78 is 25.0. The molecule has 0 bridgehead atoms. The number of benzene rings is 3. The van der Waals surface area contributed by atoms with Crippen LogP contribution in [0.3, 0.4) is 0 Å². The number of carbonyl (C=O) groups is 2. The second-order valence-electron chi connectivity index (χ2n) is 6.71. The van der Waals surface area contributed by atoms with Gasteiger partial charge in [-0.05, 0) is 57.4 Å². The van der Waals surface area contributed by atoms with Gasteiger partial charge in [0, 0.05) is 11.1 Å². The van der Waals surface area contributed by atoms with Gasteiger partial charge in [0.1, 0.15) is 12.4 Å². The van der Waals surface area contributed by atoms with Gasteiger partial charge < -0.3 is 9.47 Å². The Bertz CT molecular complexity index is 1150. The zero-order valence-corrected chi connectivity index (χ0v) is 17.5. The molecule has 0 saturated carbocycles. The van der Waals surface area contributed by atoms with E-state index in [0.717, 1.165) is 5.56 Å². The second kappa shape index (κ2) is 8.24. The Balaban J connectivity index is 1.63. The molecule has 0 aliphatic heterocycles. The smallest absolute Gasteiger partial charge is 0.197 e. The molecule has 0 unspecified atom stereocenters. The normalized spacial score (nSPS) is 12.7. The van der Waals surface area contributed by atoms with Crippen LogP contribution in [-0.2, 0) is 6.61 Å². The zero-order valence-electron chi connectivity index (χ0n) is 15.9. The first-order chi connectivity index (χ1) is 14.5. The number of Topliss-reactive ketones (excluding diaryl/α,β-unsaturated/α-hetero) is 2. The van der Waals surface area contributed by atoms with Gasteiger partial charge in [-0.2, -0.15) is 0 Å². The first-order valence-corrected chi connectivity index (χ1v) is 9.92. The fraction of sp³-hybridized carbons (Fsp3) is 0.0833. The highest BCUT2D eigenvalue weighted by Crippen LogP contribution is 2.38. The van der Waals surface area contributed by atoms with Crippen LogP contribution < -0.4 is 9.47 Å². The third-order valence-electron chi connectivity index (χ3n) is 4.76. The van der Waals surface area contributed by atoms with Crippen molar-refractivity contribution in [1.29, 1.82) is 0 Å². The monoisotopic (exact) mass is 466 g/mol. The van der Waals surface area contributed by atoms with E-state index in [2.05, 4.69) is 15.9 Å². The Hall–Kier alpha value is -3.25. The maximum atomic E-state index is 13.1. The minimum absolute atomic E-state index is 0.116. The van der Waals surface area contributed by atoms with Gasteiger partial charge in [0.25, 0.3) is 0 Å². The van der Waals surface area contributed by atoms with Crippen molar-refractivity contribution in [3.05, 3.63) is 98.8 Å². The number of halogens is 2. The number of methoxy groups -OCH3 is 1. The predicted molar refractivity (Wildman–Crippen MR) is 115 cm³/mol. The number of carbonyl (C=O) groups excluding carboxylic acids is 2. The molecule has 3 aromatic rings. The van der Waals surface area contributed by atoms with Crippen LogP contribution >= 0.6 is 15.9 Å². The molecule has 0 saturated heterocycles. The summed E-state index contributed by atoms with van der Waals surface area (Å²) in [5, 5.41) is 0. The third kappa shape index (κ3) is 3.78. The first kappa shape index (κ1) is 20.0. The van der Waals surface area contributed by atoms with E-state index < -0.39 is 0 Å². The van der Waals surface area contributed by atoms with Gasteiger partial charge >= 0.3 is 0 Å². The van der Waals surface area contributed by atoms with Crippen molar-refractivity contribution >= 4 is 33.6 Å². The minimum atomic E-state index is -0.312. The van der Waals surface area contributed by atoms with Crippen molar-refractivity contribution in [3.8, 4) is 11.5 Å². The average molecular weight is 467 g/mol. The lowest BCUT2D eigenvalue weighted by Crippen LogP contribution is -2.01. The van der Waals surface area contributed by atoms with Crippen LogP contribution in [0.1, 0.15) is 31.8 Å². The molecule has 30 heavy (non-hydrogen) atoms. The van der Waals surface area contributed by atoms with Gasteiger partial charge in [0.15, 0.2) is 23.1 Å². The van der Waals surface area contributed by atoms with Crippen LogP contribution in [0.2, 0.25) is 0 Å². The van der Waals surface area contributed by atoms with Crippen molar-refractivity contribution in [2.45, 2.75) is 6.61 Å². The number of hydrogen-bond donors (Lipinski definition) is 0. The van der Waals surface area contributed by atoms with Gasteiger partial charge in [-0.25, -0.2) is 4.39 Å². The first-order valence-electron chi connectivity index (χ1n) is 9.13. The maximum Gasteiger partial charge on any atom is 0.197 e. The summed E-state index contributed by atoms with van der Waals surface area (Å²) in [6.07, 6.45) is 1.56. The number of rotatable bonds is 5. The quantitative estimate of drug-likeness (QED) is 0.360. The standard InChI is InChI=1S/C24H16BrFO4/c1-29-21-12-15(10-19-22(27)17-4-2-3-5-18(17)23(19)28)11-20(25)24(21)30-13-14-6-8-16(26)9-7-14/h2-12H,13H2,1H3. The molecule has 0 fully saturated rings. The van der Waals surface area contributed by atoms with E-state index in [1.807, 2.05) is 0 Å². The topological polar surface area (TPSA) is 52.6 Å². The molecule has 6 heteroatoms. The van der Waals surface area contributed by atoms with Crippen LogP contribution in [0.4, 0.5) is 4.39 Å². The maximum absolute atomic E-state index is 13.1. The molecule has 0 heterocycles. The molecule has 1 aliphatic rings. The highest BCUT2D eigenvalue weighted by molar-refractivity contribution is 9.10. The molecule has 0 radical (unpaired) electrons. The molecule has 150 valence electrons. The van der Waals surface area contributed by atoms with Crippen molar-refractivity contribution in [2.24, 2.45) is 0 Å². The van der Waals surface area contributed by atoms with Crippen LogP contribution in [0.25, 0.3) is 6.08 Å². The third-order valence-corrected chi connectivity index (χ3v) is 5.35. The van der Waals surface area contributed by atoms with Gasteiger partial charge in [0.05, 0.1) is 17.2 Å². The van der Waals surface area contributed by atoms with E-state index in [1.54, 1.807) is 54.6 Å². The molecule has 0 N–H and O–H groups in total. The van der Waals surface area contributed by atoms with Gasteiger partial charge in [-0.15, -0.1) is 0 Å². The van der Waals surface area contributed by atoms with E-state index in [-0.39, 0.29) is 29.6 Å². The average Bonchev–Trinajstić information content (AvgIpc) is 2.99. The number of ether oxygens (including phenoxy) is 2. The summed E-state index contributed by atoms with van der Waals surface area (Å²) in [7, 11) is 1.51. The van der Waals surface area contributed by atoms with Crippen LogP contribution in [0.5, 0.6) is 11.5 Å². The molecule has 1 aliphatic carbocycles. The van der Waals surface area contributed by atoms with E-state index in [4.69, 9.17) is 9.47 Å². The highest BCUT2D eigenvalue weighted by Gasteiger charge is 2.32. The summed E-state index contributed by atoms with van der Waals surface area (Å²) in [6.45, 7) is 0.224. The van der Waals surface area contributed by atoms with Crippen LogP contribution in [0.15, 0.2) is 70.7 Å². The fourth-order valence-corrected chi connectivity index (χ4v) is 3.84. The molecule has 0 atom stereocenters. The lowest BCUT2D eigenvalue weighted by molar-refractivity contribution is 0.0990. The second-order valence-corrected chi connectivity index (χ2v) is 7.57. The lowest BCUT2D eigenvalue weighted by atomic mass is 10.1. The molecular formula is C24H16BrFO4. The van der Waals surface area contributed by atoms with Gasteiger partial charge in [-0.1, -0.05) is 36.4 Å². The summed E-state index contributed by atoms with van der Waals surface area (Å²) in [4.78, 5) is 25.2. The SMILES string of the molecule is COc1cc(C=C2C(=O)c3ccccc3C2=O)cc(Br)c1OCc1ccc(F)cc1. The van der Waals surface area contributed by atoms with E-state index in [9.17, 15) is 14.0 Å². The molecular weight excluding hydrogens is 451 g/mol. The summed E-state index contributed by atoms with van der Waals surface area (Å²) in [5.74, 6) is 0.0165. The van der Waals surface area contributed by atoms with Gasteiger partial charge in [-0.3, -0.25) is 9.59 Å². The Labute approximate surface area is 181 Å². The van der Waals surface area contributed by atoms with Crippen LogP contribution in [0, 0.1) is 5.82 Å². The number of hydrogen-bond acceptors (Lipinski definition) is 4. The Morgan fingerprint density at radius 1 is 0.967 bits per heavy atom. The van der Waals surface area contributed by atoms with Crippen LogP contribution in [-0.4, -0.2) is 18.7 Å². The van der Waals surface area contributed by atoms with E-state index in [1.165, 1.54) is 19.2 Å². The van der Waals surface area contributed by atoms with Crippen molar-refractivity contribution in [2.75, 3.05) is 7.11 Å². The summed E-state index contributed by atoms with van der Waals surface area (Å²) >= 11 is 3.47. The number of allylic oxidation sites excluding steroid dienone is 1. The van der Waals surface area contributed by atoms with Crippen molar-refractivity contribution in [3.63, 3.8) is 0 Å². The van der Waals surface area contributed by atoms with E-state index in [0.29, 0.717) is 32.7 Å². The zero-order chi connectivity index (χ0) is 21.3. The van der Waals surface area contributed by atoms with Crippen molar-refractivity contribution in [1.82, 2.24) is 0 Å². The summed E-state index contributed by atoms with van der Waals surface area (Å²) in [6, 6.07) is 16.2. The largest absolute Gasteiger partial charge is 0.493 e. The molecule has 3 aromatic carbocycles. The molecule has 0 amide bonds. The number of ketones is 2. The molecule has 4 rings (SSSR count). The molecule has 0 spiro atoms. The highest BCUT2D eigenvalue weighted by atomic mass is 79.9. The van der Waals surface area contributed by atoms with Gasteiger partial charge in [0.2, 0.25) is 0 Å². The minimum Gasteiger partial charge on any atom is -0.493 e.